The quantitative estimate of drug-likeness (QED) is 0.588. The molecule has 0 fully saturated rings. The Hall–Kier alpha value is 0.926. The maximum absolute atomic E-state index is 5.90. The Bertz CT molecular complexity index is 173. The van der Waals surface area contributed by atoms with Crippen LogP contribution in [-0.2, 0) is 4.12 Å². The monoisotopic (exact) mass is 303 g/mol. The lowest BCUT2D eigenvalue weighted by molar-refractivity contribution is 0.559. The van der Waals surface area contributed by atoms with Crippen LogP contribution in [0.2, 0.25) is 49.8 Å². The van der Waals surface area contributed by atoms with E-state index in [9.17, 15) is 0 Å². The molecular formula is C14H36AlOSi2. The van der Waals surface area contributed by atoms with Gasteiger partial charge in [0.2, 0.25) is 15.2 Å². The molecule has 109 valence electrons. The van der Waals surface area contributed by atoms with Crippen molar-refractivity contribution in [3.05, 3.63) is 0 Å². The molecule has 0 aromatic rings. The average molecular weight is 304 g/mol. The van der Waals surface area contributed by atoms with Crippen LogP contribution in [0.4, 0.5) is 0 Å². The Kier molecular flexibility index (Phi) is 11.5. The van der Waals surface area contributed by atoms with Crippen molar-refractivity contribution in [3.63, 3.8) is 0 Å². The van der Waals surface area contributed by atoms with Crippen LogP contribution in [0.5, 0.6) is 0 Å². The molecule has 0 heterocycles. The minimum absolute atomic E-state index is 0.755. The maximum atomic E-state index is 5.90. The summed E-state index contributed by atoms with van der Waals surface area (Å²) in [5.41, 5.74) is 0. The van der Waals surface area contributed by atoms with Gasteiger partial charge in [0.25, 0.3) is 0 Å². The topological polar surface area (TPSA) is 9.23 Å². The first-order chi connectivity index (χ1) is 7.83. The normalized spacial score (nSPS) is 12.4. The lowest BCUT2D eigenvalue weighted by atomic mass is 10.3. The van der Waals surface area contributed by atoms with Gasteiger partial charge in [-0.05, 0) is 39.3 Å². The fourth-order valence-electron chi connectivity index (χ4n) is 1.68. The molecule has 1 radical (unpaired) electrons. The van der Waals surface area contributed by atoms with Gasteiger partial charge < -0.3 is 4.12 Å². The van der Waals surface area contributed by atoms with Crippen LogP contribution < -0.4 is 0 Å². The summed E-state index contributed by atoms with van der Waals surface area (Å²) in [7, 11) is -2.46. The molecule has 0 atom stereocenters. The Balaban J connectivity index is 0. The standard InChI is InChI=1S/C6H18OSi2.2C4H9.Al/c1-8(2,3)7-9(4,5)6;2*1-4(2)3;/h1-6H3;2*4H,1H2,2-3H3;. The molecular weight excluding hydrogens is 267 g/mol. The van der Waals surface area contributed by atoms with Gasteiger partial charge in [-0.25, -0.2) is 0 Å². The molecule has 0 N–H and O–H groups in total. The zero-order valence-electron chi connectivity index (χ0n) is 14.6. The number of hydrogen-bond acceptors (Lipinski definition) is 1. The van der Waals surface area contributed by atoms with E-state index in [1.165, 1.54) is 10.6 Å². The fourth-order valence-corrected chi connectivity index (χ4v) is 10.6. The summed E-state index contributed by atoms with van der Waals surface area (Å²) in [6.45, 7) is 22.7. The van der Waals surface area contributed by atoms with Gasteiger partial charge >= 0.3 is 0 Å². The molecule has 0 aliphatic carbocycles. The largest absolute Gasteiger partial charge is 0.456 e. The zero-order chi connectivity index (χ0) is 15.0. The first-order valence-electron chi connectivity index (χ1n) is 7.35. The summed E-state index contributed by atoms with van der Waals surface area (Å²) < 4.78 is 5.90. The van der Waals surface area contributed by atoms with Crippen molar-refractivity contribution in [3.8, 4) is 0 Å². The average Bonchev–Trinajstić information content (AvgIpc) is 1.95. The lowest BCUT2D eigenvalue weighted by Crippen LogP contribution is -2.39. The third-order valence-corrected chi connectivity index (χ3v) is 9.34. The first-order valence-corrected chi connectivity index (χ1v) is 15.8. The van der Waals surface area contributed by atoms with Gasteiger partial charge in [0, 0.05) is 0 Å². The highest BCUT2D eigenvalue weighted by atomic mass is 28.4. The highest BCUT2D eigenvalue weighted by Crippen LogP contribution is 2.12. The van der Waals surface area contributed by atoms with Crippen LogP contribution in [-0.4, -0.2) is 31.9 Å². The molecule has 0 spiro atoms. The molecule has 0 saturated carbocycles. The van der Waals surface area contributed by atoms with Gasteiger partial charge in [-0.2, -0.15) is 0 Å². The van der Waals surface area contributed by atoms with Crippen molar-refractivity contribution in [1.82, 2.24) is 0 Å². The predicted molar refractivity (Wildman–Crippen MR) is 92.8 cm³/mol. The van der Waals surface area contributed by atoms with Gasteiger partial charge in [-0.1, -0.05) is 39.5 Å². The van der Waals surface area contributed by atoms with Crippen molar-refractivity contribution in [2.45, 2.75) is 77.5 Å². The predicted octanol–water partition coefficient (Wildman–Crippen LogP) is 5.51. The molecule has 18 heavy (non-hydrogen) atoms. The van der Waals surface area contributed by atoms with E-state index in [2.05, 4.69) is 67.0 Å². The molecule has 0 saturated heterocycles. The Labute approximate surface area is 125 Å². The van der Waals surface area contributed by atoms with E-state index in [1.807, 2.05) is 0 Å². The van der Waals surface area contributed by atoms with Crippen molar-refractivity contribution >= 4 is 31.9 Å². The summed E-state index contributed by atoms with van der Waals surface area (Å²) in [6.07, 6.45) is 0. The van der Waals surface area contributed by atoms with Gasteiger partial charge in [0.15, 0.2) is 16.6 Å². The van der Waals surface area contributed by atoms with Crippen LogP contribution >= 0.6 is 0 Å². The van der Waals surface area contributed by atoms with Crippen LogP contribution in [0.25, 0.3) is 0 Å². The number of hydrogen-bond donors (Lipinski definition) is 0. The summed E-state index contributed by atoms with van der Waals surface area (Å²) in [6, 6.07) is 0. The van der Waals surface area contributed by atoms with Crippen molar-refractivity contribution < 1.29 is 4.12 Å². The lowest BCUT2D eigenvalue weighted by Gasteiger charge is -2.27. The maximum Gasteiger partial charge on any atom is 0.200 e. The molecule has 0 bridgehead atoms. The second-order valence-corrected chi connectivity index (χ2v) is 18.7. The Morgan fingerprint density at radius 2 is 1.00 bits per heavy atom. The summed E-state index contributed by atoms with van der Waals surface area (Å²) in [4.78, 5) is 0. The second kappa shape index (κ2) is 9.77. The SMILES string of the molecule is CC(C)[CH2][Al][CH2]C(C)C.C[Si](C)(C)O[Si](C)(C)C. The van der Waals surface area contributed by atoms with Gasteiger partial charge in [-0.3, -0.25) is 0 Å². The van der Waals surface area contributed by atoms with E-state index in [0.717, 1.165) is 27.1 Å². The fraction of sp³-hybridized carbons (Fsp3) is 1.00. The molecule has 0 rings (SSSR count). The van der Waals surface area contributed by atoms with Crippen molar-refractivity contribution in [1.29, 1.82) is 0 Å². The summed E-state index contributed by atoms with van der Waals surface area (Å²) in [5.74, 6) is 1.86. The zero-order valence-corrected chi connectivity index (χ0v) is 17.7. The molecule has 0 aliphatic rings. The number of rotatable bonds is 6. The summed E-state index contributed by atoms with van der Waals surface area (Å²) in [5, 5.41) is 2.97. The molecule has 0 unspecified atom stereocenters. The van der Waals surface area contributed by atoms with Gasteiger partial charge in [0.05, 0.1) is 0 Å². The van der Waals surface area contributed by atoms with E-state index in [0.29, 0.717) is 0 Å². The third kappa shape index (κ3) is 25.7. The molecule has 0 aromatic heterocycles. The molecule has 0 aliphatic heterocycles. The molecule has 1 nitrogen and oxygen atoms in total. The molecule has 0 amide bonds. The van der Waals surface area contributed by atoms with Crippen LogP contribution in [0, 0.1) is 11.8 Å². The van der Waals surface area contributed by atoms with Crippen LogP contribution in [0.15, 0.2) is 0 Å². The van der Waals surface area contributed by atoms with Crippen molar-refractivity contribution in [2.75, 3.05) is 0 Å². The first kappa shape index (κ1) is 21.2. The van der Waals surface area contributed by atoms with Gasteiger partial charge in [-0.15, -0.1) is 10.6 Å². The van der Waals surface area contributed by atoms with Gasteiger partial charge in [0.1, 0.15) is 0 Å². The highest BCUT2D eigenvalue weighted by Gasteiger charge is 2.24. The minimum Gasteiger partial charge on any atom is -0.456 e. The molecule has 4 heteroatoms. The van der Waals surface area contributed by atoms with Crippen molar-refractivity contribution in [2.24, 2.45) is 11.8 Å². The van der Waals surface area contributed by atoms with Crippen LogP contribution in [0.1, 0.15) is 27.7 Å². The van der Waals surface area contributed by atoms with E-state index in [-0.39, 0.29) is 0 Å². The second-order valence-electron chi connectivity index (χ2n) is 7.87. The Morgan fingerprint density at radius 3 is 1.11 bits per heavy atom. The summed E-state index contributed by atoms with van der Waals surface area (Å²) >= 11 is 0.755. The third-order valence-electron chi connectivity index (χ3n) is 1.89. The highest BCUT2D eigenvalue weighted by molar-refractivity contribution is 6.83. The minimum atomic E-state index is -1.23. The van der Waals surface area contributed by atoms with E-state index < -0.39 is 16.6 Å². The van der Waals surface area contributed by atoms with E-state index in [4.69, 9.17) is 4.12 Å². The molecule has 0 aromatic carbocycles. The van der Waals surface area contributed by atoms with E-state index >= 15 is 0 Å². The Morgan fingerprint density at radius 1 is 0.722 bits per heavy atom. The van der Waals surface area contributed by atoms with E-state index in [1.54, 1.807) is 0 Å². The van der Waals surface area contributed by atoms with Crippen LogP contribution in [0.3, 0.4) is 0 Å². The smallest absolute Gasteiger partial charge is 0.200 e.